The zero-order valence-corrected chi connectivity index (χ0v) is 12.6. The normalized spacial score (nSPS) is 27.8. The fourth-order valence-corrected chi connectivity index (χ4v) is 2.51. The van der Waals surface area contributed by atoms with Crippen LogP contribution in [-0.4, -0.2) is 55.6 Å². The minimum atomic E-state index is -1.28. The van der Waals surface area contributed by atoms with Gasteiger partial charge in [-0.1, -0.05) is 18.6 Å². The topological polar surface area (TPSA) is 87.9 Å². The van der Waals surface area contributed by atoms with Gasteiger partial charge in [-0.2, -0.15) is 0 Å². The molecule has 2 rings (SSSR count). The average molecular weight is 274 g/mol. The molecule has 0 saturated heterocycles. The van der Waals surface area contributed by atoms with Crippen molar-refractivity contribution in [2.75, 3.05) is 0 Å². The summed E-state index contributed by atoms with van der Waals surface area (Å²) in [5.74, 6) is -1.28. The molecule has 1 aliphatic carbocycles. The molecule has 18 heavy (non-hydrogen) atoms. The van der Waals surface area contributed by atoms with Gasteiger partial charge < -0.3 is 10.2 Å². The third-order valence-corrected chi connectivity index (χ3v) is 3.49. The Morgan fingerprint density at radius 3 is 2.56 bits per heavy atom. The molecule has 0 saturated carbocycles. The number of allylic oxidation sites excluding steroid dienone is 1. The van der Waals surface area contributed by atoms with Crippen LogP contribution in [-0.2, 0) is 4.79 Å². The first-order valence-electron chi connectivity index (χ1n) is 5.87. The number of hydrogen-bond donors (Lipinski definition) is 0. The minimum absolute atomic E-state index is 0. The maximum Gasteiger partial charge on any atom is 2.00 e. The van der Waals surface area contributed by atoms with Crippen molar-refractivity contribution in [2.24, 2.45) is 15.4 Å². The van der Waals surface area contributed by atoms with Gasteiger partial charge in [0.15, 0.2) is 0 Å². The fraction of sp³-hybridized carbons (Fsp3) is 0.583. The molecule has 1 atom stereocenters. The van der Waals surface area contributed by atoms with Gasteiger partial charge in [0.05, 0.1) is 6.02 Å². The van der Waals surface area contributed by atoms with E-state index in [4.69, 9.17) is 0 Å². The number of carbonyl (C=O) groups is 1. The SMILES string of the molecule is CCC1(C2=CCCCC2)C(=O)N=C([O-])N=C1[O-].[Ca+2]. The molecular formula is C12H14CaN2O3. The van der Waals surface area contributed by atoms with Crippen LogP contribution in [0.2, 0.25) is 0 Å². The molecule has 0 radical (unpaired) electrons. The van der Waals surface area contributed by atoms with Crippen LogP contribution in [0.15, 0.2) is 21.6 Å². The van der Waals surface area contributed by atoms with Gasteiger partial charge in [0.25, 0.3) is 5.91 Å². The third-order valence-electron chi connectivity index (χ3n) is 3.49. The van der Waals surface area contributed by atoms with Gasteiger partial charge in [-0.3, -0.25) is 9.79 Å². The molecule has 1 heterocycles. The van der Waals surface area contributed by atoms with E-state index in [-0.39, 0.29) is 37.7 Å². The zero-order valence-electron chi connectivity index (χ0n) is 10.4. The molecule has 0 N–H and O–H groups in total. The number of aliphatic imine (C=N–C) groups is 2. The first-order chi connectivity index (χ1) is 8.11. The smallest absolute Gasteiger partial charge is 0.861 e. The van der Waals surface area contributed by atoms with E-state index >= 15 is 0 Å². The predicted octanol–water partition coefficient (Wildman–Crippen LogP) is -0.482. The number of carbonyl (C=O) groups excluding carboxylic acids is 1. The number of nitrogens with zero attached hydrogens (tertiary/aromatic N) is 2. The summed E-state index contributed by atoms with van der Waals surface area (Å²) >= 11 is 0. The molecule has 0 fully saturated rings. The quantitative estimate of drug-likeness (QED) is 0.503. The Morgan fingerprint density at radius 1 is 1.33 bits per heavy atom. The predicted molar refractivity (Wildman–Crippen MR) is 64.9 cm³/mol. The van der Waals surface area contributed by atoms with Crippen LogP contribution in [0.25, 0.3) is 0 Å². The summed E-state index contributed by atoms with van der Waals surface area (Å²) in [6.45, 7) is 1.76. The van der Waals surface area contributed by atoms with Gasteiger partial charge in [-0.15, -0.1) is 0 Å². The average Bonchev–Trinajstić information content (AvgIpc) is 2.30. The fourth-order valence-electron chi connectivity index (χ4n) is 2.51. The van der Waals surface area contributed by atoms with Crippen molar-refractivity contribution in [3.63, 3.8) is 0 Å². The van der Waals surface area contributed by atoms with Crippen molar-refractivity contribution in [3.8, 4) is 0 Å². The molecule has 1 unspecified atom stereocenters. The van der Waals surface area contributed by atoms with Crippen molar-refractivity contribution in [2.45, 2.75) is 39.0 Å². The van der Waals surface area contributed by atoms with E-state index in [1.807, 2.05) is 6.08 Å². The summed E-state index contributed by atoms with van der Waals surface area (Å²) in [6, 6.07) is -0.972. The summed E-state index contributed by atoms with van der Waals surface area (Å²) in [5, 5.41) is 22.9. The van der Waals surface area contributed by atoms with Gasteiger partial charge in [-0.05, 0) is 38.0 Å². The van der Waals surface area contributed by atoms with E-state index in [0.29, 0.717) is 12.8 Å². The number of amidine groups is 1. The molecule has 1 amide bonds. The largest absolute Gasteiger partial charge is 2.00 e. The van der Waals surface area contributed by atoms with Crippen molar-refractivity contribution in [1.82, 2.24) is 0 Å². The molecule has 0 aromatic carbocycles. The van der Waals surface area contributed by atoms with Crippen molar-refractivity contribution < 1.29 is 15.0 Å². The Labute approximate surface area is 136 Å². The van der Waals surface area contributed by atoms with Gasteiger partial charge in [0.1, 0.15) is 5.41 Å². The molecule has 0 bridgehead atoms. The summed E-state index contributed by atoms with van der Waals surface area (Å²) in [4.78, 5) is 18.6. The Bertz CT molecular complexity index is 443. The zero-order chi connectivity index (χ0) is 12.5. The molecule has 6 heteroatoms. The second kappa shape index (κ2) is 6.17. The van der Waals surface area contributed by atoms with Crippen LogP contribution in [0.4, 0.5) is 0 Å². The Hall–Kier alpha value is -0.390. The molecule has 1 aliphatic heterocycles. The Balaban J connectivity index is 0.00000162. The summed E-state index contributed by atoms with van der Waals surface area (Å²) in [6.07, 6.45) is 5.86. The van der Waals surface area contributed by atoms with Gasteiger partial charge in [0.2, 0.25) is 0 Å². The maximum absolute atomic E-state index is 12.0. The van der Waals surface area contributed by atoms with Crippen molar-refractivity contribution >= 4 is 55.6 Å². The van der Waals surface area contributed by atoms with Crippen LogP contribution in [0, 0.1) is 5.41 Å². The molecule has 2 aliphatic rings. The standard InChI is InChI=1S/C12H16N2O3.Ca/c1-2-12(8-6-4-3-5-7-8)9(15)13-11(17)14-10(12)16;/h6H,2-5,7H2,1H3,(H2,13,14,15,16,17);/q;+2/p-2. The summed E-state index contributed by atoms with van der Waals surface area (Å²) in [5.41, 5.74) is -0.491. The molecule has 5 nitrogen and oxygen atoms in total. The first kappa shape index (κ1) is 15.7. The van der Waals surface area contributed by atoms with Gasteiger partial charge in [0, 0.05) is 0 Å². The van der Waals surface area contributed by atoms with E-state index in [0.717, 1.165) is 24.8 Å². The first-order valence-corrected chi connectivity index (χ1v) is 5.87. The second-order valence-electron chi connectivity index (χ2n) is 4.35. The Morgan fingerprint density at radius 2 is 2.06 bits per heavy atom. The third kappa shape index (κ3) is 2.49. The molecule has 0 aromatic rings. The van der Waals surface area contributed by atoms with Crippen LogP contribution >= 0.6 is 0 Å². The number of hydrogen-bond acceptors (Lipinski definition) is 4. The van der Waals surface area contributed by atoms with E-state index in [2.05, 4.69) is 9.98 Å². The van der Waals surface area contributed by atoms with Gasteiger partial charge in [-0.25, -0.2) is 4.99 Å². The van der Waals surface area contributed by atoms with E-state index in [9.17, 15) is 15.0 Å². The Kier molecular flexibility index (Phi) is 5.37. The number of amides is 1. The van der Waals surface area contributed by atoms with Crippen molar-refractivity contribution in [3.05, 3.63) is 11.6 Å². The van der Waals surface area contributed by atoms with E-state index < -0.39 is 23.2 Å². The second-order valence-corrected chi connectivity index (χ2v) is 4.35. The molecule has 0 aromatic heterocycles. The van der Waals surface area contributed by atoms with Crippen molar-refractivity contribution in [1.29, 1.82) is 0 Å². The monoisotopic (exact) mass is 274 g/mol. The van der Waals surface area contributed by atoms with Gasteiger partial charge >= 0.3 is 37.7 Å². The van der Waals surface area contributed by atoms with Crippen LogP contribution in [0.1, 0.15) is 39.0 Å². The maximum atomic E-state index is 12.0. The molecular weight excluding hydrogens is 260 g/mol. The van der Waals surface area contributed by atoms with E-state index in [1.165, 1.54) is 0 Å². The van der Waals surface area contributed by atoms with Crippen LogP contribution in [0.5, 0.6) is 0 Å². The summed E-state index contributed by atoms with van der Waals surface area (Å²) < 4.78 is 0. The van der Waals surface area contributed by atoms with Crippen LogP contribution in [0.3, 0.4) is 0 Å². The van der Waals surface area contributed by atoms with Crippen LogP contribution < -0.4 is 10.2 Å². The minimum Gasteiger partial charge on any atom is -0.861 e. The molecule has 92 valence electrons. The summed E-state index contributed by atoms with van der Waals surface area (Å²) in [7, 11) is 0. The number of rotatable bonds is 2. The molecule has 0 spiro atoms. The van der Waals surface area contributed by atoms with E-state index in [1.54, 1.807) is 6.92 Å².